The predicted molar refractivity (Wildman–Crippen MR) is 64.2 cm³/mol. The molecule has 15 heavy (non-hydrogen) atoms. The van der Waals surface area contributed by atoms with Crippen LogP contribution in [0.2, 0.25) is 0 Å². The third-order valence-electron chi connectivity index (χ3n) is 3.27. The molecule has 1 N–H and O–H groups in total. The summed E-state index contributed by atoms with van der Waals surface area (Å²) in [5.74, 6) is 0. The summed E-state index contributed by atoms with van der Waals surface area (Å²) in [6.45, 7) is 4.54. The third-order valence-corrected chi connectivity index (χ3v) is 4.21. The lowest BCUT2D eigenvalue weighted by Gasteiger charge is -2.35. The first-order chi connectivity index (χ1) is 7.29. The summed E-state index contributed by atoms with van der Waals surface area (Å²) < 4.78 is 0. The summed E-state index contributed by atoms with van der Waals surface area (Å²) in [6.07, 6.45) is 4.49. The van der Waals surface area contributed by atoms with E-state index in [-0.39, 0.29) is 0 Å². The van der Waals surface area contributed by atoms with Gasteiger partial charge >= 0.3 is 0 Å². The minimum Gasteiger partial charge on any atom is -0.315 e. The van der Waals surface area contributed by atoms with Gasteiger partial charge in [0.25, 0.3) is 0 Å². The van der Waals surface area contributed by atoms with Crippen molar-refractivity contribution in [2.24, 2.45) is 0 Å². The van der Waals surface area contributed by atoms with Gasteiger partial charge in [-0.3, -0.25) is 4.90 Å². The summed E-state index contributed by atoms with van der Waals surface area (Å²) >= 11 is 1.75. The van der Waals surface area contributed by atoms with Gasteiger partial charge in [0.05, 0.1) is 6.04 Å². The van der Waals surface area contributed by atoms with Crippen LogP contribution in [0.1, 0.15) is 30.8 Å². The van der Waals surface area contributed by atoms with Crippen LogP contribution >= 0.6 is 11.3 Å². The molecule has 1 fully saturated rings. The van der Waals surface area contributed by atoms with Crippen LogP contribution in [0.3, 0.4) is 0 Å². The van der Waals surface area contributed by atoms with Gasteiger partial charge in [0, 0.05) is 24.2 Å². The maximum absolute atomic E-state index is 4.39. The van der Waals surface area contributed by atoms with Gasteiger partial charge < -0.3 is 5.32 Å². The summed E-state index contributed by atoms with van der Waals surface area (Å²) in [5, 5.41) is 6.74. The smallest absolute Gasteiger partial charge is 0.109 e. The summed E-state index contributed by atoms with van der Waals surface area (Å²) in [7, 11) is 2.21. The number of thiazole rings is 1. The number of hydrogen-bond acceptors (Lipinski definition) is 4. The summed E-state index contributed by atoms with van der Waals surface area (Å²) in [5.41, 5.74) is 0. The van der Waals surface area contributed by atoms with Crippen LogP contribution < -0.4 is 5.32 Å². The van der Waals surface area contributed by atoms with Gasteiger partial charge in [-0.1, -0.05) is 0 Å². The topological polar surface area (TPSA) is 28.2 Å². The molecular formula is C11H19N3S. The standard InChI is InChI=1S/C11H19N3S/c1-9(11-13-6-7-15-11)14(2)10-4-3-5-12-8-10/h6-7,9-10,12H,3-5,8H2,1-2H3/t9?,10-/m0/s1. The quantitative estimate of drug-likeness (QED) is 0.851. The molecule has 0 radical (unpaired) electrons. The molecule has 84 valence electrons. The van der Waals surface area contributed by atoms with E-state index in [4.69, 9.17) is 0 Å². The molecule has 1 unspecified atom stereocenters. The SMILES string of the molecule is CC(c1nccs1)N(C)[C@H]1CCCNC1. The zero-order valence-electron chi connectivity index (χ0n) is 9.44. The Morgan fingerprint density at radius 1 is 1.67 bits per heavy atom. The van der Waals surface area contributed by atoms with E-state index in [9.17, 15) is 0 Å². The van der Waals surface area contributed by atoms with E-state index >= 15 is 0 Å². The lowest BCUT2D eigenvalue weighted by Crippen LogP contribution is -2.45. The van der Waals surface area contributed by atoms with E-state index in [1.54, 1.807) is 11.3 Å². The molecule has 4 heteroatoms. The number of aromatic nitrogens is 1. The van der Waals surface area contributed by atoms with E-state index in [1.165, 1.54) is 24.4 Å². The highest BCUT2D eigenvalue weighted by Gasteiger charge is 2.23. The molecule has 2 heterocycles. The van der Waals surface area contributed by atoms with Crippen molar-refractivity contribution >= 4 is 11.3 Å². The fourth-order valence-corrected chi connectivity index (χ4v) is 2.86. The second kappa shape index (κ2) is 5.05. The van der Waals surface area contributed by atoms with Crippen LogP contribution in [0, 0.1) is 0 Å². The molecule has 0 aromatic carbocycles. The normalized spacial score (nSPS) is 24.3. The average molecular weight is 225 g/mol. The molecule has 1 aromatic rings. The number of nitrogens with zero attached hydrogens (tertiary/aromatic N) is 2. The second-order valence-electron chi connectivity index (χ2n) is 4.21. The molecule has 1 aliphatic heterocycles. The first-order valence-electron chi connectivity index (χ1n) is 5.61. The number of likely N-dealkylation sites (N-methyl/N-ethyl adjacent to an activating group) is 1. The first-order valence-corrected chi connectivity index (χ1v) is 6.49. The Labute approximate surface area is 95.5 Å². The van der Waals surface area contributed by atoms with Gasteiger partial charge in [-0.05, 0) is 33.4 Å². The maximum atomic E-state index is 4.39. The van der Waals surface area contributed by atoms with E-state index in [0.29, 0.717) is 12.1 Å². The lowest BCUT2D eigenvalue weighted by atomic mass is 10.1. The molecule has 1 aliphatic rings. The van der Waals surface area contributed by atoms with Crippen molar-refractivity contribution in [3.8, 4) is 0 Å². The predicted octanol–water partition coefficient (Wildman–Crippen LogP) is 1.89. The molecule has 0 saturated carbocycles. The molecule has 0 bridgehead atoms. The zero-order valence-corrected chi connectivity index (χ0v) is 10.3. The van der Waals surface area contributed by atoms with Gasteiger partial charge in [-0.25, -0.2) is 4.98 Å². The van der Waals surface area contributed by atoms with E-state index in [1.807, 2.05) is 6.20 Å². The number of piperidine rings is 1. The number of nitrogens with one attached hydrogen (secondary N) is 1. The van der Waals surface area contributed by atoms with Crippen molar-refractivity contribution in [2.45, 2.75) is 31.8 Å². The van der Waals surface area contributed by atoms with Crippen LogP contribution in [0.4, 0.5) is 0 Å². The highest BCUT2D eigenvalue weighted by molar-refractivity contribution is 7.09. The van der Waals surface area contributed by atoms with Crippen LogP contribution in [0.5, 0.6) is 0 Å². The fraction of sp³-hybridized carbons (Fsp3) is 0.727. The molecule has 1 saturated heterocycles. The largest absolute Gasteiger partial charge is 0.315 e. The molecule has 0 amide bonds. The van der Waals surface area contributed by atoms with Gasteiger partial charge in [-0.15, -0.1) is 11.3 Å². The highest BCUT2D eigenvalue weighted by Crippen LogP contribution is 2.24. The third kappa shape index (κ3) is 2.56. The monoisotopic (exact) mass is 225 g/mol. The fourth-order valence-electron chi connectivity index (χ4n) is 2.11. The van der Waals surface area contributed by atoms with Crippen molar-refractivity contribution < 1.29 is 0 Å². The molecule has 2 atom stereocenters. The van der Waals surface area contributed by atoms with Crippen LogP contribution in [-0.2, 0) is 0 Å². The molecular weight excluding hydrogens is 206 g/mol. The van der Waals surface area contributed by atoms with Crippen molar-refractivity contribution in [3.05, 3.63) is 16.6 Å². The van der Waals surface area contributed by atoms with Crippen LogP contribution in [0.25, 0.3) is 0 Å². The Balaban J connectivity index is 1.97. The summed E-state index contributed by atoms with van der Waals surface area (Å²) in [6, 6.07) is 1.10. The molecule has 0 spiro atoms. The Bertz CT molecular complexity index is 280. The van der Waals surface area contributed by atoms with Crippen molar-refractivity contribution in [1.82, 2.24) is 15.2 Å². The zero-order chi connectivity index (χ0) is 10.7. The van der Waals surface area contributed by atoms with Gasteiger partial charge in [0.15, 0.2) is 0 Å². The van der Waals surface area contributed by atoms with Crippen molar-refractivity contribution in [3.63, 3.8) is 0 Å². The summed E-state index contributed by atoms with van der Waals surface area (Å²) in [4.78, 5) is 6.84. The van der Waals surface area contributed by atoms with E-state index < -0.39 is 0 Å². The Morgan fingerprint density at radius 3 is 3.13 bits per heavy atom. The van der Waals surface area contributed by atoms with Crippen LogP contribution in [-0.4, -0.2) is 36.1 Å². The van der Waals surface area contributed by atoms with Crippen molar-refractivity contribution in [2.75, 3.05) is 20.1 Å². The van der Waals surface area contributed by atoms with Gasteiger partial charge in [0.2, 0.25) is 0 Å². The van der Waals surface area contributed by atoms with Gasteiger partial charge in [-0.2, -0.15) is 0 Å². The molecule has 3 nitrogen and oxygen atoms in total. The maximum Gasteiger partial charge on any atom is 0.109 e. The molecule has 1 aromatic heterocycles. The molecule has 2 rings (SSSR count). The number of rotatable bonds is 3. The van der Waals surface area contributed by atoms with E-state index in [2.05, 4.69) is 34.6 Å². The second-order valence-corrected chi connectivity index (χ2v) is 5.14. The van der Waals surface area contributed by atoms with Crippen LogP contribution in [0.15, 0.2) is 11.6 Å². The average Bonchev–Trinajstić information content (AvgIpc) is 2.82. The Hall–Kier alpha value is -0.450. The number of hydrogen-bond donors (Lipinski definition) is 1. The van der Waals surface area contributed by atoms with Gasteiger partial charge in [0.1, 0.15) is 5.01 Å². The molecule has 0 aliphatic carbocycles. The first kappa shape index (κ1) is 11.0. The minimum atomic E-state index is 0.440. The van der Waals surface area contributed by atoms with Crippen molar-refractivity contribution in [1.29, 1.82) is 0 Å². The lowest BCUT2D eigenvalue weighted by molar-refractivity contribution is 0.156. The minimum absolute atomic E-state index is 0.440. The Morgan fingerprint density at radius 2 is 2.53 bits per heavy atom. The highest BCUT2D eigenvalue weighted by atomic mass is 32.1. The van der Waals surface area contributed by atoms with E-state index in [0.717, 1.165) is 6.54 Å². The Kier molecular flexibility index (Phi) is 3.72.